The fourth-order valence-corrected chi connectivity index (χ4v) is 6.02. The van der Waals surface area contributed by atoms with Gasteiger partial charge in [0.1, 0.15) is 0 Å². The molecule has 2 rings (SSSR count). The van der Waals surface area contributed by atoms with E-state index in [1.807, 2.05) is 32.9 Å². The second kappa shape index (κ2) is 6.16. The lowest BCUT2D eigenvalue weighted by atomic mass is 10.2. The summed E-state index contributed by atoms with van der Waals surface area (Å²) in [6, 6.07) is 5.55. The zero-order chi connectivity index (χ0) is 14.9. The molecule has 0 unspecified atom stereocenters. The summed E-state index contributed by atoms with van der Waals surface area (Å²) in [6.45, 7) is 5.87. The van der Waals surface area contributed by atoms with Crippen molar-refractivity contribution in [2.45, 2.75) is 63.4 Å². The van der Waals surface area contributed by atoms with Crippen LogP contribution in [0.3, 0.4) is 0 Å². The van der Waals surface area contributed by atoms with Crippen LogP contribution in [-0.4, -0.2) is 24.8 Å². The van der Waals surface area contributed by atoms with Gasteiger partial charge in [-0.3, -0.25) is 0 Å². The molecule has 1 aromatic carbocycles. The quantitative estimate of drug-likeness (QED) is 0.811. The molecule has 0 spiro atoms. The largest absolute Gasteiger partial charge is 0.244 e. The van der Waals surface area contributed by atoms with E-state index in [-0.39, 0.29) is 12.1 Å². The smallest absolute Gasteiger partial charge is 0.207 e. The molecule has 1 fully saturated rings. The first kappa shape index (κ1) is 16.0. The predicted molar refractivity (Wildman–Crippen MR) is 85.3 cm³/mol. The van der Waals surface area contributed by atoms with E-state index < -0.39 is 10.0 Å². The number of halogens is 1. The van der Waals surface area contributed by atoms with Crippen LogP contribution in [0.15, 0.2) is 27.6 Å². The molecule has 0 radical (unpaired) electrons. The van der Waals surface area contributed by atoms with Gasteiger partial charge in [0.05, 0.1) is 4.90 Å². The molecule has 0 N–H and O–H groups in total. The zero-order valence-electron chi connectivity index (χ0n) is 12.3. The molecule has 1 aliphatic rings. The minimum absolute atomic E-state index is 0.0173. The maximum absolute atomic E-state index is 13.0. The van der Waals surface area contributed by atoms with Crippen molar-refractivity contribution in [3.05, 3.63) is 28.2 Å². The van der Waals surface area contributed by atoms with Gasteiger partial charge in [0, 0.05) is 16.6 Å². The van der Waals surface area contributed by atoms with E-state index >= 15 is 0 Å². The average Bonchev–Trinajstić information content (AvgIpc) is 2.80. The molecule has 0 aliphatic heterocycles. The zero-order valence-corrected chi connectivity index (χ0v) is 14.7. The van der Waals surface area contributed by atoms with Crippen LogP contribution in [0.1, 0.15) is 45.1 Å². The molecule has 5 heteroatoms. The summed E-state index contributed by atoms with van der Waals surface area (Å²) in [6.07, 6.45) is 4.19. The van der Waals surface area contributed by atoms with Crippen molar-refractivity contribution in [3.63, 3.8) is 0 Å². The fourth-order valence-electron chi connectivity index (χ4n) is 2.98. The number of sulfonamides is 1. The van der Waals surface area contributed by atoms with Gasteiger partial charge in [0.15, 0.2) is 0 Å². The van der Waals surface area contributed by atoms with Gasteiger partial charge in [-0.15, -0.1) is 0 Å². The number of aryl methyl sites for hydroxylation is 1. The summed E-state index contributed by atoms with van der Waals surface area (Å²) in [7, 11) is -3.44. The molecule has 1 saturated carbocycles. The summed E-state index contributed by atoms with van der Waals surface area (Å²) in [5, 5.41) is 0. The molecule has 20 heavy (non-hydrogen) atoms. The molecule has 1 aromatic rings. The van der Waals surface area contributed by atoms with E-state index in [4.69, 9.17) is 0 Å². The average molecular weight is 360 g/mol. The van der Waals surface area contributed by atoms with Crippen LogP contribution in [0.25, 0.3) is 0 Å². The minimum Gasteiger partial charge on any atom is -0.207 e. The second-order valence-electron chi connectivity index (χ2n) is 5.80. The van der Waals surface area contributed by atoms with Crippen LogP contribution in [0, 0.1) is 6.92 Å². The van der Waals surface area contributed by atoms with Gasteiger partial charge < -0.3 is 0 Å². The Morgan fingerprint density at radius 2 is 1.85 bits per heavy atom. The van der Waals surface area contributed by atoms with Crippen LogP contribution in [-0.2, 0) is 10.0 Å². The summed E-state index contributed by atoms with van der Waals surface area (Å²) >= 11 is 3.40. The molecular formula is C15H22BrNO2S. The Bertz CT molecular complexity index is 578. The van der Waals surface area contributed by atoms with Crippen molar-refractivity contribution in [1.82, 2.24) is 4.31 Å². The molecule has 112 valence electrons. The molecular weight excluding hydrogens is 338 g/mol. The third-order valence-electron chi connectivity index (χ3n) is 3.84. The second-order valence-corrected chi connectivity index (χ2v) is 8.47. The number of hydrogen-bond acceptors (Lipinski definition) is 2. The van der Waals surface area contributed by atoms with Gasteiger partial charge in [-0.1, -0.05) is 18.9 Å². The monoisotopic (exact) mass is 359 g/mol. The van der Waals surface area contributed by atoms with Gasteiger partial charge in [0.2, 0.25) is 10.0 Å². The lowest BCUT2D eigenvalue weighted by molar-refractivity contribution is 0.275. The maximum atomic E-state index is 13.0. The molecule has 0 heterocycles. The Morgan fingerprint density at radius 1 is 1.25 bits per heavy atom. The van der Waals surface area contributed by atoms with Crippen molar-refractivity contribution in [2.75, 3.05) is 0 Å². The van der Waals surface area contributed by atoms with Crippen LogP contribution >= 0.6 is 15.9 Å². The Hall–Kier alpha value is -0.390. The molecule has 0 atom stereocenters. The van der Waals surface area contributed by atoms with E-state index in [0.29, 0.717) is 9.37 Å². The molecule has 3 nitrogen and oxygen atoms in total. The molecule has 0 amide bonds. The van der Waals surface area contributed by atoms with Gasteiger partial charge in [-0.05, 0) is 67.2 Å². The lowest BCUT2D eigenvalue weighted by Crippen LogP contribution is -2.43. The standard InChI is InChI=1S/C15H22BrNO2S/c1-11(2)17(13-6-4-5-7-13)20(18,19)15-9-8-12(3)10-14(15)16/h8-11,13H,4-7H2,1-3H3. The first-order chi connectivity index (χ1) is 9.34. The Kier molecular flexibility index (Phi) is 4.92. The van der Waals surface area contributed by atoms with Crippen molar-refractivity contribution < 1.29 is 8.42 Å². The van der Waals surface area contributed by atoms with Gasteiger partial charge in [-0.25, -0.2) is 8.42 Å². The van der Waals surface area contributed by atoms with Crippen LogP contribution < -0.4 is 0 Å². The highest BCUT2D eigenvalue weighted by molar-refractivity contribution is 9.10. The lowest BCUT2D eigenvalue weighted by Gasteiger charge is -2.31. The fraction of sp³-hybridized carbons (Fsp3) is 0.600. The van der Waals surface area contributed by atoms with E-state index in [0.717, 1.165) is 31.2 Å². The highest BCUT2D eigenvalue weighted by Crippen LogP contribution is 2.33. The number of hydrogen-bond donors (Lipinski definition) is 0. The van der Waals surface area contributed by atoms with E-state index in [2.05, 4.69) is 15.9 Å². The maximum Gasteiger partial charge on any atom is 0.244 e. The molecule has 0 saturated heterocycles. The van der Waals surface area contributed by atoms with Crippen molar-refractivity contribution in [1.29, 1.82) is 0 Å². The highest BCUT2D eigenvalue weighted by atomic mass is 79.9. The summed E-state index contributed by atoms with van der Waals surface area (Å²) in [5.41, 5.74) is 1.05. The Balaban J connectivity index is 2.44. The SMILES string of the molecule is Cc1ccc(S(=O)(=O)N(C(C)C)C2CCCC2)c(Br)c1. The first-order valence-electron chi connectivity index (χ1n) is 7.13. The molecule has 1 aliphatic carbocycles. The topological polar surface area (TPSA) is 37.4 Å². The predicted octanol–water partition coefficient (Wildman–Crippen LogP) is 4.10. The van der Waals surface area contributed by atoms with Crippen molar-refractivity contribution in [2.24, 2.45) is 0 Å². The summed E-state index contributed by atoms with van der Waals surface area (Å²) in [4.78, 5) is 0.378. The summed E-state index contributed by atoms with van der Waals surface area (Å²) < 4.78 is 28.3. The third kappa shape index (κ3) is 3.10. The summed E-state index contributed by atoms with van der Waals surface area (Å²) in [5.74, 6) is 0. The van der Waals surface area contributed by atoms with E-state index in [1.54, 1.807) is 10.4 Å². The minimum atomic E-state index is -3.44. The first-order valence-corrected chi connectivity index (χ1v) is 9.37. The number of rotatable bonds is 4. The van der Waals surface area contributed by atoms with Crippen LogP contribution in [0.4, 0.5) is 0 Å². The number of nitrogens with zero attached hydrogens (tertiary/aromatic N) is 1. The van der Waals surface area contributed by atoms with Gasteiger partial charge in [-0.2, -0.15) is 4.31 Å². The van der Waals surface area contributed by atoms with Crippen LogP contribution in [0.2, 0.25) is 0 Å². The van der Waals surface area contributed by atoms with E-state index in [9.17, 15) is 8.42 Å². The Morgan fingerprint density at radius 3 is 2.35 bits per heavy atom. The van der Waals surface area contributed by atoms with Gasteiger partial charge in [0.25, 0.3) is 0 Å². The van der Waals surface area contributed by atoms with Crippen molar-refractivity contribution >= 4 is 26.0 Å². The normalized spacial score (nSPS) is 17.3. The molecule has 0 aromatic heterocycles. The Labute approximate surface area is 130 Å². The molecule has 0 bridgehead atoms. The van der Waals surface area contributed by atoms with Gasteiger partial charge >= 0.3 is 0 Å². The third-order valence-corrected chi connectivity index (χ3v) is 6.94. The van der Waals surface area contributed by atoms with Crippen LogP contribution in [0.5, 0.6) is 0 Å². The van der Waals surface area contributed by atoms with Crippen molar-refractivity contribution in [3.8, 4) is 0 Å². The highest BCUT2D eigenvalue weighted by Gasteiger charge is 2.36. The van der Waals surface area contributed by atoms with E-state index in [1.165, 1.54) is 0 Å². The number of benzene rings is 1.